The Morgan fingerprint density at radius 1 is 0.476 bits per heavy atom. The zero-order valence-corrected chi connectivity index (χ0v) is 22.5. The lowest BCUT2D eigenvalue weighted by molar-refractivity contribution is -0.119. The summed E-state index contributed by atoms with van der Waals surface area (Å²) >= 11 is 0. The highest BCUT2D eigenvalue weighted by atomic mass is 16.2. The number of nitrogens with one attached hydrogen (secondary N) is 2. The van der Waals surface area contributed by atoms with E-state index in [0.29, 0.717) is 11.1 Å². The molecule has 0 bridgehead atoms. The van der Waals surface area contributed by atoms with E-state index in [1.54, 1.807) is 24.3 Å². The van der Waals surface area contributed by atoms with Crippen molar-refractivity contribution in [1.82, 2.24) is 20.4 Å². The van der Waals surface area contributed by atoms with Gasteiger partial charge in [-0.05, 0) is 35.4 Å². The van der Waals surface area contributed by atoms with Crippen molar-refractivity contribution in [3.63, 3.8) is 0 Å². The molecule has 0 saturated carbocycles. The number of nitrogens with zero attached hydrogens (tertiary/aromatic N) is 2. The lowest BCUT2D eigenvalue weighted by Crippen LogP contribution is -2.44. The van der Waals surface area contributed by atoms with Crippen LogP contribution in [0.4, 0.5) is 0 Å². The summed E-state index contributed by atoms with van der Waals surface area (Å²) in [6.45, 7) is 0. The fraction of sp³-hybridized carbons (Fsp3) is 0.0588. The molecule has 6 rings (SSSR count). The normalized spacial score (nSPS) is 17.4. The highest BCUT2D eigenvalue weighted by Crippen LogP contribution is 2.24. The summed E-state index contributed by atoms with van der Waals surface area (Å²) in [5.74, 6) is -0.719. The third-order valence-corrected chi connectivity index (χ3v) is 6.63. The molecule has 2 aliphatic heterocycles. The van der Waals surface area contributed by atoms with E-state index >= 15 is 0 Å². The molecule has 2 N–H and O–H groups in total. The minimum atomic E-state index is -0.489. The van der Waals surface area contributed by atoms with Crippen LogP contribution in [0.25, 0.3) is 0 Å². The van der Waals surface area contributed by atoms with Crippen molar-refractivity contribution in [2.75, 3.05) is 0 Å². The third kappa shape index (κ3) is 6.51. The number of carbonyl (C=O) groups is 4. The molecule has 0 fully saturated rings. The second-order valence-corrected chi connectivity index (χ2v) is 9.43. The molecule has 208 valence electrons. The average Bonchev–Trinajstić information content (AvgIpc) is 3.06. The first-order valence-corrected chi connectivity index (χ1v) is 13.3. The van der Waals surface area contributed by atoms with Gasteiger partial charge in [0.05, 0.1) is 0 Å². The van der Waals surface area contributed by atoms with Gasteiger partial charge in [-0.3, -0.25) is 29.0 Å². The topological polar surface area (TPSA) is 98.8 Å². The van der Waals surface area contributed by atoms with E-state index in [2.05, 4.69) is 10.6 Å². The van der Waals surface area contributed by atoms with Gasteiger partial charge in [0.2, 0.25) is 11.8 Å². The van der Waals surface area contributed by atoms with Crippen LogP contribution in [0.15, 0.2) is 146 Å². The summed E-state index contributed by atoms with van der Waals surface area (Å²) in [5.41, 5.74) is 2.89. The van der Waals surface area contributed by atoms with Gasteiger partial charge in [0.15, 0.2) is 0 Å². The van der Waals surface area contributed by atoms with Crippen LogP contribution in [0.5, 0.6) is 0 Å². The molecule has 2 aliphatic rings. The SMILES string of the molecule is O=C1C=CN(C(=O)c2ccccc2)[C@@H](c2ccccc2)N1.O=C1C=CN(C(=O)c2ccccc2)[C@@H](c2ccccc2)N1. The van der Waals surface area contributed by atoms with Gasteiger partial charge in [-0.25, -0.2) is 0 Å². The maximum atomic E-state index is 12.6. The van der Waals surface area contributed by atoms with Gasteiger partial charge in [-0.15, -0.1) is 0 Å². The van der Waals surface area contributed by atoms with E-state index in [9.17, 15) is 19.2 Å². The van der Waals surface area contributed by atoms with Crippen molar-refractivity contribution in [3.8, 4) is 0 Å². The molecular weight excluding hydrogens is 528 g/mol. The van der Waals surface area contributed by atoms with Crippen LogP contribution in [-0.4, -0.2) is 33.4 Å². The van der Waals surface area contributed by atoms with Crippen LogP contribution in [0.1, 0.15) is 44.2 Å². The highest BCUT2D eigenvalue weighted by molar-refractivity contribution is 5.98. The Balaban J connectivity index is 0.000000168. The summed E-state index contributed by atoms with van der Waals surface area (Å²) in [6, 6.07) is 36.9. The van der Waals surface area contributed by atoms with Gasteiger partial charge in [-0.1, -0.05) is 97.1 Å². The van der Waals surface area contributed by atoms with Crippen molar-refractivity contribution >= 4 is 23.6 Å². The Hall–Kier alpha value is -5.76. The van der Waals surface area contributed by atoms with E-state index in [1.165, 1.54) is 34.4 Å². The Morgan fingerprint density at radius 3 is 1.12 bits per heavy atom. The molecule has 4 amide bonds. The standard InChI is InChI=1S/2C17H14N2O2/c2*20-15-11-12-19(17(21)14-9-5-2-6-10-14)16(18-15)13-7-3-1-4-8-13/h2*1-12,16H,(H,18,20)/t2*16-/m00/s1. The Bertz CT molecular complexity index is 1480. The lowest BCUT2D eigenvalue weighted by Gasteiger charge is -2.32. The number of benzene rings is 4. The third-order valence-electron chi connectivity index (χ3n) is 6.63. The molecule has 8 nitrogen and oxygen atoms in total. The molecule has 8 heteroatoms. The summed E-state index contributed by atoms with van der Waals surface area (Å²) < 4.78 is 0. The maximum absolute atomic E-state index is 12.6. The minimum absolute atomic E-state index is 0.152. The first-order valence-electron chi connectivity index (χ1n) is 13.3. The number of carbonyl (C=O) groups excluding carboxylic acids is 4. The second kappa shape index (κ2) is 13.1. The van der Waals surface area contributed by atoms with Gasteiger partial charge in [0.1, 0.15) is 12.3 Å². The van der Waals surface area contributed by atoms with Crippen molar-refractivity contribution in [2.24, 2.45) is 0 Å². The number of hydrogen-bond donors (Lipinski definition) is 2. The van der Waals surface area contributed by atoms with Crippen molar-refractivity contribution in [3.05, 3.63) is 168 Å². The molecule has 0 unspecified atom stereocenters. The summed E-state index contributed by atoms with van der Waals surface area (Å²) in [7, 11) is 0. The molecule has 0 radical (unpaired) electrons. The Morgan fingerprint density at radius 2 is 0.786 bits per heavy atom. The van der Waals surface area contributed by atoms with Crippen LogP contribution in [0.2, 0.25) is 0 Å². The maximum Gasteiger partial charge on any atom is 0.259 e. The van der Waals surface area contributed by atoms with E-state index in [0.717, 1.165) is 11.1 Å². The molecule has 42 heavy (non-hydrogen) atoms. The van der Waals surface area contributed by atoms with Gasteiger partial charge >= 0.3 is 0 Å². The van der Waals surface area contributed by atoms with E-state index < -0.39 is 12.3 Å². The van der Waals surface area contributed by atoms with E-state index in [4.69, 9.17) is 0 Å². The number of rotatable bonds is 4. The largest absolute Gasteiger partial charge is 0.328 e. The smallest absolute Gasteiger partial charge is 0.259 e. The highest BCUT2D eigenvalue weighted by Gasteiger charge is 2.29. The summed E-state index contributed by atoms with van der Waals surface area (Å²) in [5, 5.41) is 5.63. The van der Waals surface area contributed by atoms with Crippen LogP contribution in [-0.2, 0) is 9.59 Å². The first kappa shape index (κ1) is 27.8. The molecule has 0 aliphatic carbocycles. The Labute approximate surface area is 243 Å². The molecule has 2 atom stereocenters. The van der Waals surface area contributed by atoms with Crippen LogP contribution in [0.3, 0.4) is 0 Å². The fourth-order valence-corrected chi connectivity index (χ4v) is 4.56. The molecule has 0 spiro atoms. The lowest BCUT2D eigenvalue weighted by atomic mass is 10.1. The van der Waals surface area contributed by atoms with E-state index in [-0.39, 0.29) is 23.6 Å². The van der Waals surface area contributed by atoms with Crippen molar-refractivity contribution in [1.29, 1.82) is 0 Å². The number of amides is 4. The molecule has 0 aromatic heterocycles. The first-order chi connectivity index (χ1) is 20.5. The number of hydrogen-bond acceptors (Lipinski definition) is 4. The molecular formula is C34H28N4O4. The Kier molecular flexibility index (Phi) is 8.64. The van der Waals surface area contributed by atoms with Crippen molar-refractivity contribution in [2.45, 2.75) is 12.3 Å². The summed E-state index contributed by atoms with van der Waals surface area (Å²) in [6.07, 6.45) is 4.81. The second-order valence-electron chi connectivity index (χ2n) is 9.43. The zero-order valence-electron chi connectivity index (χ0n) is 22.5. The monoisotopic (exact) mass is 556 g/mol. The zero-order chi connectivity index (χ0) is 29.3. The van der Waals surface area contributed by atoms with Crippen LogP contribution >= 0.6 is 0 Å². The predicted molar refractivity (Wildman–Crippen MR) is 158 cm³/mol. The predicted octanol–water partition coefficient (Wildman–Crippen LogP) is 4.94. The minimum Gasteiger partial charge on any atom is -0.328 e. The average molecular weight is 557 g/mol. The van der Waals surface area contributed by atoms with Crippen LogP contribution < -0.4 is 10.6 Å². The molecule has 4 aromatic rings. The summed E-state index contributed by atoms with van der Waals surface area (Å²) in [4.78, 5) is 51.5. The van der Waals surface area contributed by atoms with Gasteiger partial charge < -0.3 is 10.6 Å². The molecule has 2 heterocycles. The fourth-order valence-electron chi connectivity index (χ4n) is 4.56. The van der Waals surface area contributed by atoms with E-state index in [1.807, 2.05) is 97.1 Å². The van der Waals surface area contributed by atoms with Gasteiger partial charge in [0, 0.05) is 35.7 Å². The molecule has 4 aromatic carbocycles. The van der Waals surface area contributed by atoms with Crippen LogP contribution in [0, 0.1) is 0 Å². The van der Waals surface area contributed by atoms with Gasteiger partial charge in [-0.2, -0.15) is 0 Å². The molecule has 0 saturated heterocycles. The quantitative estimate of drug-likeness (QED) is 0.372. The van der Waals surface area contributed by atoms with Crippen molar-refractivity contribution < 1.29 is 19.2 Å². The van der Waals surface area contributed by atoms with Gasteiger partial charge in [0.25, 0.3) is 11.8 Å².